The second kappa shape index (κ2) is 3.22. The van der Waals surface area contributed by atoms with Crippen molar-refractivity contribution in [3.8, 4) is 0 Å². The van der Waals surface area contributed by atoms with Crippen LogP contribution in [0.5, 0.6) is 0 Å². The maximum Gasteiger partial charge on any atom is 0.0749 e. The summed E-state index contributed by atoms with van der Waals surface area (Å²) in [4.78, 5) is 0. The van der Waals surface area contributed by atoms with Crippen LogP contribution in [0.25, 0.3) is 10.9 Å². The summed E-state index contributed by atoms with van der Waals surface area (Å²) in [5.74, 6) is 0.632. The molecule has 0 radical (unpaired) electrons. The van der Waals surface area contributed by atoms with E-state index >= 15 is 0 Å². The number of rotatable bonds is 1. The highest BCUT2D eigenvalue weighted by atomic mass is 79.9. The highest BCUT2D eigenvalue weighted by Gasteiger charge is 2.29. The molecule has 0 spiro atoms. The van der Waals surface area contributed by atoms with Crippen LogP contribution in [-0.2, 0) is 7.05 Å². The van der Waals surface area contributed by atoms with Gasteiger partial charge in [0.15, 0.2) is 0 Å². The molecule has 1 aliphatic rings. The van der Waals surface area contributed by atoms with E-state index in [1.54, 1.807) is 0 Å². The fourth-order valence-electron chi connectivity index (χ4n) is 1.98. The predicted molar refractivity (Wildman–Crippen MR) is 65.4 cm³/mol. The summed E-state index contributed by atoms with van der Waals surface area (Å²) in [6.07, 6.45) is 2.50. The molecule has 1 aromatic heterocycles. The molecule has 4 heteroatoms. The van der Waals surface area contributed by atoms with Crippen LogP contribution in [0.2, 0.25) is 5.02 Å². The van der Waals surface area contributed by atoms with Crippen LogP contribution in [0, 0.1) is 0 Å². The van der Waals surface area contributed by atoms with Gasteiger partial charge in [0.2, 0.25) is 0 Å². The van der Waals surface area contributed by atoms with Gasteiger partial charge in [0.25, 0.3) is 0 Å². The molecule has 1 saturated carbocycles. The van der Waals surface area contributed by atoms with Crippen molar-refractivity contribution in [2.24, 2.45) is 7.05 Å². The van der Waals surface area contributed by atoms with Gasteiger partial charge in [-0.15, -0.1) is 0 Å². The number of aryl methyl sites for hydroxylation is 1. The Hall–Kier alpha value is -0.540. The second-order valence-electron chi connectivity index (χ2n) is 4.06. The third-order valence-electron chi connectivity index (χ3n) is 2.86. The van der Waals surface area contributed by atoms with E-state index in [4.69, 9.17) is 11.6 Å². The summed E-state index contributed by atoms with van der Waals surface area (Å²) in [5, 5.41) is 6.49. The molecule has 15 heavy (non-hydrogen) atoms. The first-order valence-electron chi connectivity index (χ1n) is 4.98. The summed E-state index contributed by atoms with van der Waals surface area (Å²) < 4.78 is 2.92. The molecule has 0 unspecified atom stereocenters. The van der Waals surface area contributed by atoms with Crippen LogP contribution < -0.4 is 0 Å². The van der Waals surface area contributed by atoms with Gasteiger partial charge in [0, 0.05) is 22.8 Å². The average Bonchev–Trinajstić information content (AvgIpc) is 2.93. The van der Waals surface area contributed by atoms with Gasteiger partial charge in [-0.3, -0.25) is 4.68 Å². The highest BCUT2D eigenvalue weighted by molar-refractivity contribution is 9.10. The van der Waals surface area contributed by atoms with Crippen LogP contribution in [0.4, 0.5) is 0 Å². The second-order valence-corrected chi connectivity index (χ2v) is 5.39. The number of hydrogen-bond donors (Lipinski definition) is 0. The molecule has 2 aromatic rings. The lowest BCUT2D eigenvalue weighted by molar-refractivity contribution is 0.767. The monoisotopic (exact) mass is 284 g/mol. The van der Waals surface area contributed by atoms with E-state index in [9.17, 15) is 0 Å². The first-order chi connectivity index (χ1) is 7.16. The van der Waals surface area contributed by atoms with Gasteiger partial charge in [0.05, 0.1) is 16.2 Å². The van der Waals surface area contributed by atoms with E-state index in [1.165, 1.54) is 18.5 Å². The van der Waals surface area contributed by atoms with Crippen molar-refractivity contribution in [2.75, 3.05) is 0 Å². The SMILES string of the molecule is Cn1nc(C2CC2)c2c(Cl)cc(Br)cc21. The fraction of sp³-hybridized carbons (Fsp3) is 0.364. The molecule has 3 rings (SSSR count). The minimum atomic E-state index is 0.632. The van der Waals surface area contributed by atoms with Crippen LogP contribution in [0.15, 0.2) is 16.6 Å². The van der Waals surface area contributed by atoms with E-state index in [0.29, 0.717) is 5.92 Å². The van der Waals surface area contributed by atoms with Crippen LogP contribution >= 0.6 is 27.5 Å². The topological polar surface area (TPSA) is 17.8 Å². The lowest BCUT2D eigenvalue weighted by atomic mass is 10.1. The van der Waals surface area contributed by atoms with E-state index < -0.39 is 0 Å². The third-order valence-corrected chi connectivity index (χ3v) is 3.62. The summed E-state index contributed by atoms with van der Waals surface area (Å²) >= 11 is 9.72. The van der Waals surface area contributed by atoms with Crippen molar-refractivity contribution in [3.63, 3.8) is 0 Å². The Morgan fingerprint density at radius 2 is 2.20 bits per heavy atom. The third kappa shape index (κ3) is 1.49. The van der Waals surface area contributed by atoms with Crippen molar-refractivity contribution in [1.82, 2.24) is 9.78 Å². The maximum absolute atomic E-state index is 6.27. The molecule has 0 bridgehead atoms. The van der Waals surface area contributed by atoms with Crippen molar-refractivity contribution >= 4 is 38.4 Å². The summed E-state index contributed by atoms with van der Waals surface area (Å²) in [6, 6.07) is 4.01. The van der Waals surface area contributed by atoms with E-state index in [0.717, 1.165) is 20.4 Å². The molecule has 78 valence electrons. The zero-order chi connectivity index (χ0) is 10.6. The lowest BCUT2D eigenvalue weighted by Gasteiger charge is -1.98. The van der Waals surface area contributed by atoms with Crippen LogP contribution in [0.3, 0.4) is 0 Å². The Kier molecular flexibility index (Phi) is 2.08. The van der Waals surface area contributed by atoms with Crippen molar-refractivity contribution in [2.45, 2.75) is 18.8 Å². The van der Waals surface area contributed by atoms with E-state index in [1.807, 2.05) is 17.8 Å². The Morgan fingerprint density at radius 1 is 1.47 bits per heavy atom. The van der Waals surface area contributed by atoms with Crippen molar-refractivity contribution in [1.29, 1.82) is 0 Å². The predicted octanol–water partition coefficient (Wildman–Crippen LogP) is 3.87. The molecule has 0 aliphatic heterocycles. The Morgan fingerprint density at radius 3 is 2.87 bits per heavy atom. The number of aromatic nitrogens is 2. The van der Waals surface area contributed by atoms with Gasteiger partial charge >= 0.3 is 0 Å². The smallest absolute Gasteiger partial charge is 0.0749 e. The Bertz CT molecular complexity index is 543. The molecule has 1 heterocycles. The van der Waals surface area contributed by atoms with Gasteiger partial charge in [-0.25, -0.2) is 0 Å². The number of halogens is 2. The first kappa shape index (κ1) is 9.67. The molecular weight excluding hydrogens is 275 g/mol. The minimum absolute atomic E-state index is 0.632. The van der Waals surface area contributed by atoms with E-state index in [2.05, 4.69) is 27.1 Å². The normalized spacial score (nSPS) is 16.2. The standard InChI is InChI=1S/C11H10BrClN2/c1-15-9-5-7(12)4-8(13)10(9)11(14-15)6-2-3-6/h4-6H,2-3H2,1H3. The fourth-order valence-corrected chi connectivity index (χ4v) is 2.87. The van der Waals surface area contributed by atoms with Crippen molar-refractivity contribution < 1.29 is 0 Å². The number of fused-ring (bicyclic) bond motifs is 1. The Labute approximate surface area is 101 Å². The van der Waals surface area contributed by atoms with Gasteiger partial charge in [-0.1, -0.05) is 27.5 Å². The molecular formula is C11H10BrClN2. The molecule has 0 amide bonds. The quantitative estimate of drug-likeness (QED) is 0.778. The molecule has 1 fully saturated rings. The number of benzene rings is 1. The highest BCUT2D eigenvalue weighted by Crippen LogP contribution is 2.44. The first-order valence-corrected chi connectivity index (χ1v) is 6.15. The summed E-state index contributed by atoms with van der Waals surface area (Å²) in [7, 11) is 1.97. The van der Waals surface area contributed by atoms with Gasteiger partial charge < -0.3 is 0 Å². The minimum Gasteiger partial charge on any atom is -0.268 e. The maximum atomic E-state index is 6.27. The lowest BCUT2D eigenvalue weighted by Crippen LogP contribution is -1.90. The molecule has 2 nitrogen and oxygen atoms in total. The molecule has 0 saturated heterocycles. The summed E-state index contributed by atoms with van der Waals surface area (Å²) in [5.41, 5.74) is 2.28. The summed E-state index contributed by atoms with van der Waals surface area (Å²) in [6.45, 7) is 0. The Balaban J connectivity index is 2.38. The molecule has 1 aromatic carbocycles. The van der Waals surface area contributed by atoms with E-state index in [-0.39, 0.29) is 0 Å². The largest absolute Gasteiger partial charge is 0.268 e. The number of nitrogens with zero attached hydrogens (tertiary/aromatic N) is 2. The average molecular weight is 286 g/mol. The van der Waals surface area contributed by atoms with Gasteiger partial charge in [-0.2, -0.15) is 5.10 Å². The molecule has 1 aliphatic carbocycles. The molecule has 0 N–H and O–H groups in total. The molecule has 0 atom stereocenters. The van der Waals surface area contributed by atoms with Crippen molar-refractivity contribution in [3.05, 3.63) is 27.3 Å². The van der Waals surface area contributed by atoms with Gasteiger partial charge in [0.1, 0.15) is 0 Å². The zero-order valence-electron chi connectivity index (χ0n) is 8.30. The van der Waals surface area contributed by atoms with Crippen LogP contribution in [0.1, 0.15) is 24.5 Å². The number of hydrogen-bond acceptors (Lipinski definition) is 1. The zero-order valence-corrected chi connectivity index (χ0v) is 10.6. The van der Waals surface area contributed by atoms with Crippen LogP contribution in [-0.4, -0.2) is 9.78 Å². The van der Waals surface area contributed by atoms with Gasteiger partial charge in [-0.05, 0) is 25.0 Å².